The molecule has 2 aromatic rings. The number of carbonyl (C=O) groups excluding carboxylic acids is 1. The summed E-state index contributed by atoms with van der Waals surface area (Å²) < 4.78 is 5.55. The molecule has 0 unspecified atom stereocenters. The van der Waals surface area contributed by atoms with E-state index >= 15 is 0 Å². The van der Waals surface area contributed by atoms with Crippen LogP contribution in [-0.2, 0) is 6.54 Å². The second-order valence-corrected chi connectivity index (χ2v) is 5.91. The fourth-order valence-corrected chi connectivity index (χ4v) is 2.66. The van der Waals surface area contributed by atoms with E-state index in [9.17, 15) is 4.79 Å². The summed E-state index contributed by atoms with van der Waals surface area (Å²) >= 11 is 0. The Balaban J connectivity index is 1.79. The molecule has 1 aliphatic carbocycles. The molecule has 0 bridgehead atoms. The molecule has 4 nitrogen and oxygen atoms in total. The van der Waals surface area contributed by atoms with Crippen molar-refractivity contribution in [3.63, 3.8) is 0 Å². The zero-order valence-corrected chi connectivity index (χ0v) is 13.7. The van der Waals surface area contributed by atoms with E-state index in [1.165, 1.54) is 0 Å². The predicted molar refractivity (Wildman–Crippen MR) is 89.5 cm³/mol. The Bertz CT molecular complexity index is 695. The molecule has 1 fully saturated rings. The molecular formula is C19H22N2O2. The molecule has 1 heterocycles. The maximum Gasteiger partial charge on any atom is 0.273 e. The molecule has 120 valence electrons. The molecule has 0 radical (unpaired) electrons. The quantitative estimate of drug-likeness (QED) is 0.819. The average Bonchev–Trinajstić information content (AvgIpc) is 3.37. The van der Waals surface area contributed by atoms with Crippen molar-refractivity contribution in [3.8, 4) is 5.75 Å². The average molecular weight is 310 g/mol. The van der Waals surface area contributed by atoms with Gasteiger partial charge in [0, 0.05) is 18.3 Å². The molecule has 4 heteroatoms. The number of amides is 1. The number of nitrogens with zero attached hydrogens (tertiary/aromatic N) is 2. The first-order valence-corrected chi connectivity index (χ1v) is 8.13. The van der Waals surface area contributed by atoms with Crippen molar-refractivity contribution in [3.05, 3.63) is 59.4 Å². The normalized spacial score (nSPS) is 13.7. The Labute approximate surface area is 137 Å². The lowest BCUT2D eigenvalue weighted by Gasteiger charge is -2.22. The Morgan fingerprint density at radius 2 is 2.04 bits per heavy atom. The number of carbonyl (C=O) groups is 1. The summed E-state index contributed by atoms with van der Waals surface area (Å²) in [4.78, 5) is 19.1. The second kappa shape index (κ2) is 6.82. The van der Waals surface area contributed by atoms with Crippen LogP contribution in [0.25, 0.3) is 0 Å². The summed E-state index contributed by atoms with van der Waals surface area (Å²) in [7, 11) is 0. The van der Waals surface area contributed by atoms with Gasteiger partial charge in [0.2, 0.25) is 0 Å². The van der Waals surface area contributed by atoms with Crippen molar-refractivity contribution in [2.24, 2.45) is 0 Å². The standard InChI is InChI=1S/C19H22N2O2/c1-3-23-17-8-5-7-15(12-17)13-21(16-10-11-16)19(22)18-9-4-6-14(2)20-18/h4-9,12,16H,3,10-11,13H2,1-2H3. The first-order chi connectivity index (χ1) is 11.2. The summed E-state index contributed by atoms with van der Waals surface area (Å²) in [5.41, 5.74) is 2.48. The van der Waals surface area contributed by atoms with Gasteiger partial charge in [-0.15, -0.1) is 0 Å². The monoisotopic (exact) mass is 310 g/mol. The zero-order valence-electron chi connectivity index (χ0n) is 13.7. The van der Waals surface area contributed by atoms with Crippen molar-refractivity contribution in [2.75, 3.05) is 6.61 Å². The highest BCUT2D eigenvalue weighted by Crippen LogP contribution is 2.30. The third kappa shape index (κ3) is 3.89. The number of hydrogen-bond acceptors (Lipinski definition) is 3. The Morgan fingerprint density at radius 3 is 2.74 bits per heavy atom. The minimum absolute atomic E-state index is 0.0120. The smallest absolute Gasteiger partial charge is 0.273 e. The minimum atomic E-state index is 0.0120. The summed E-state index contributed by atoms with van der Waals surface area (Å²) in [5, 5.41) is 0. The van der Waals surface area contributed by atoms with Crippen LogP contribution in [0.15, 0.2) is 42.5 Å². The third-order valence-electron chi connectivity index (χ3n) is 3.92. The number of pyridine rings is 1. The van der Waals surface area contributed by atoms with Crippen LogP contribution >= 0.6 is 0 Å². The van der Waals surface area contributed by atoms with E-state index < -0.39 is 0 Å². The van der Waals surface area contributed by atoms with Crippen LogP contribution in [0.3, 0.4) is 0 Å². The van der Waals surface area contributed by atoms with Crippen LogP contribution in [-0.4, -0.2) is 28.4 Å². The zero-order chi connectivity index (χ0) is 16.2. The maximum atomic E-state index is 12.8. The van der Waals surface area contributed by atoms with Gasteiger partial charge in [0.15, 0.2) is 0 Å². The Kier molecular flexibility index (Phi) is 4.60. The first kappa shape index (κ1) is 15.5. The SMILES string of the molecule is CCOc1cccc(CN(C(=O)c2cccc(C)n2)C2CC2)c1. The summed E-state index contributed by atoms with van der Waals surface area (Å²) in [5.74, 6) is 0.861. The van der Waals surface area contributed by atoms with E-state index in [1.54, 1.807) is 6.07 Å². The van der Waals surface area contributed by atoms with Crippen LogP contribution < -0.4 is 4.74 Å². The van der Waals surface area contributed by atoms with Crippen molar-refractivity contribution < 1.29 is 9.53 Å². The number of ether oxygens (including phenoxy) is 1. The summed E-state index contributed by atoms with van der Waals surface area (Å²) in [6, 6.07) is 13.9. The summed E-state index contributed by atoms with van der Waals surface area (Å²) in [6.07, 6.45) is 2.14. The summed E-state index contributed by atoms with van der Waals surface area (Å²) in [6.45, 7) is 5.11. The van der Waals surface area contributed by atoms with Gasteiger partial charge in [0.25, 0.3) is 5.91 Å². The number of aromatic nitrogens is 1. The molecule has 0 atom stereocenters. The van der Waals surface area contributed by atoms with Crippen molar-refractivity contribution >= 4 is 5.91 Å². The molecular weight excluding hydrogens is 288 g/mol. The van der Waals surface area contributed by atoms with Crippen LogP contribution in [0.4, 0.5) is 0 Å². The molecule has 0 N–H and O–H groups in total. The molecule has 3 rings (SSSR count). The highest BCUT2D eigenvalue weighted by molar-refractivity contribution is 5.92. The number of aryl methyl sites for hydroxylation is 1. The molecule has 1 amide bonds. The lowest BCUT2D eigenvalue weighted by Crippen LogP contribution is -2.33. The molecule has 1 aliphatic rings. The molecule has 0 spiro atoms. The van der Waals surface area contributed by atoms with Gasteiger partial charge in [-0.25, -0.2) is 4.98 Å². The van der Waals surface area contributed by atoms with Crippen LogP contribution in [0.2, 0.25) is 0 Å². The van der Waals surface area contributed by atoms with Crippen LogP contribution in [0.1, 0.15) is 41.5 Å². The molecule has 0 saturated heterocycles. The van der Waals surface area contributed by atoms with Gasteiger partial charge in [-0.05, 0) is 56.5 Å². The van der Waals surface area contributed by atoms with Gasteiger partial charge < -0.3 is 9.64 Å². The fourth-order valence-electron chi connectivity index (χ4n) is 2.66. The predicted octanol–water partition coefficient (Wildman–Crippen LogP) is 3.59. The maximum absolute atomic E-state index is 12.8. The minimum Gasteiger partial charge on any atom is -0.494 e. The second-order valence-electron chi connectivity index (χ2n) is 5.91. The van der Waals surface area contributed by atoms with Gasteiger partial charge in [-0.3, -0.25) is 4.79 Å². The lowest BCUT2D eigenvalue weighted by molar-refractivity contribution is 0.0723. The van der Waals surface area contributed by atoms with Gasteiger partial charge in [-0.1, -0.05) is 18.2 Å². The molecule has 1 saturated carbocycles. The van der Waals surface area contributed by atoms with Gasteiger partial charge in [0.1, 0.15) is 11.4 Å². The molecule has 1 aromatic carbocycles. The fraction of sp³-hybridized carbons (Fsp3) is 0.368. The largest absolute Gasteiger partial charge is 0.494 e. The van der Waals surface area contributed by atoms with Gasteiger partial charge >= 0.3 is 0 Å². The number of rotatable bonds is 6. The lowest BCUT2D eigenvalue weighted by atomic mass is 10.2. The molecule has 1 aromatic heterocycles. The highest BCUT2D eigenvalue weighted by Gasteiger charge is 2.33. The van der Waals surface area contributed by atoms with E-state index in [1.807, 2.05) is 55.1 Å². The van der Waals surface area contributed by atoms with Crippen LogP contribution in [0, 0.1) is 6.92 Å². The van der Waals surface area contributed by atoms with Crippen molar-refractivity contribution in [1.82, 2.24) is 9.88 Å². The Hall–Kier alpha value is -2.36. The number of benzene rings is 1. The third-order valence-corrected chi connectivity index (χ3v) is 3.92. The topological polar surface area (TPSA) is 42.4 Å². The van der Waals surface area contributed by atoms with Crippen molar-refractivity contribution in [1.29, 1.82) is 0 Å². The van der Waals surface area contributed by atoms with E-state index in [2.05, 4.69) is 4.98 Å². The Morgan fingerprint density at radius 1 is 1.26 bits per heavy atom. The molecule has 0 aliphatic heterocycles. The van der Waals surface area contributed by atoms with Gasteiger partial charge in [0.05, 0.1) is 6.61 Å². The van der Waals surface area contributed by atoms with Crippen LogP contribution in [0.5, 0.6) is 5.75 Å². The molecule has 23 heavy (non-hydrogen) atoms. The first-order valence-electron chi connectivity index (χ1n) is 8.13. The van der Waals surface area contributed by atoms with E-state index in [0.29, 0.717) is 24.9 Å². The van der Waals surface area contributed by atoms with Crippen molar-refractivity contribution in [2.45, 2.75) is 39.3 Å². The van der Waals surface area contributed by atoms with E-state index in [-0.39, 0.29) is 5.91 Å². The highest BCUT2D eigenvalue weighted by atomic mass is 16.5. The van der Waals surface area contributed by atoms with E-state index in [4.69, 9.17) is 4.74 Å². The van der Waals surface area contributed by atoms with Gasteiger partial charge in [-0.2, -0.15) is 0 Å². The number of hydrogen-bond donors (Lipinski definition) is 0. The van der Waals surface area contributed by atoms with E-state index in [0.717, 1.165) is 29.8 Å².